The molecule has 2 heterocycles. The molecular formula is C11H14O2. The third-order valence-corrected chi connectivity index (χ3v) is 4.05. The van der Waals surface area contributed by atoms with Gasteiger partial charge in [0.1, 0.15) is 5.78 Å². The third kappa shape index (κ3) is 0.715. The van der Waals surface area contributed by atoms with E-state index in [0.29, 0.717) is 5.78 Å². The van der Waals surface area contributed by atoms with Gasteiger partial charge >= 0.3 is 0 Å². The molecule has 1 saturated carbocycles. The minimum Gasteiger partial charge on any atom is -0.363 e. The molecular weight excluding hydrogens is 164 g/mol. The summed E-state index contributed by atoms with van der Waals surface area (Å²) in [6.07, 6.45) is 8.16. The van der Waals surface area contributed by atoms with Crippen molar-refractivity contribution in [3.05, 3.63) is 12.2 Å². The maximum absolute atomic E-state index is 11.9. The second-order valence-electron chi connectivity index (χ2n) is 4.72. The van der Waals surface area contributed by atoms with Crippen LogP contribution in [0.25, 0.3) is 0 Å². The van der Waals surface area contributed by atoms with Gasteiger partial charge < -0.3 is 4.74 Å². The molecule has 1 aliphatic carbocycles. The van der Waals surface area contributed by atoms with Crippen molar-refractivity contribution >= 4 is 5.78 Å². The summed E-state index contributed by atoms with van der Waals surface area (Å²) < 4.78 is 5.91. The average molecular weight is 178 g/mol. The second-order valence-corrected chi connectivity index (χ2v) is 4.72. The van der Waals surface area contributed by atoms with Gasteiger partial charge in [-0.15, -0.1) is 0 Å². The average Bonchev–Trinajstić information content (AvgIpc) is 2.59. The van der Waals surface area contributed by atoms with Gasteiger partial charge in [0.2, 0.25) is 0 Å². The fraction of sp³-hybridized carbons (Fsp3) is 0.727. The van der Waals surface area contributed by atoms with Crippen LogP contribution in [-0.2, 0) is 9.53 Å². The van der Waals surface area contributed by atoms with E-state index >= 15 is 0 Å². The summed E-state index contributed by atoms with van der Waals surface area (Å²) in [6, 6.07) is 0. The molecule has 0 aromatic carbocycles. The normalized spacial score (nSPS) is 52.7. The number of carbonyl (C=O) groups excluding carboxylic acids is 1. The fourth-order valence-corrected chi connectivity index (χ4v) is 3.17. The van der Waals surface area contributed by atoms with Crippen molar-refractivity contribution in [1.82, 2.24) is 0 Å². The van der Waals surface area contributed by atoms with Gasteiger partial charge in [-0.1, -0.05) is 12.2 Å². The predicted octanol–water partition coefficient (Wildman–Crippen LogP) is 1.84. The van der Waals surface area contributed by atoms with E-state index in [-0.39, 0.29) is 17.1 Å². The number of Topliss-reactive ketones (excluding diaryl/α,β-unsaturated/α-hetero) is 1. The Balaban J connectivity index is 2.12. The van der Waals surface area contributed by atoms with Crippen LogP contribution in [0, 0.1) is 5.41 Å². The van der Waals surface area contributed by atoms with Crippen LogP contribution in [0.1, 0.15) is 32.6 Å². The Kier molecular flexibility index (Phi) is 1.23. The summed E-state index contributed by atoms with van der Waals surface area (Å²) in [5.74, 6) is 0.408. The first kappa shape index (κ1) is 7.74. The van der Waals surface area contributed by atoms with E-state index < -0.39 is 0 Å². The zero-order valence-corrected chi connectivity index (χ0v) is 7.88. The number of ketones is 1. The van der Waals surface area contributed by atoms with Crippen molar-refractivity contribution in [2.45, 2.75) is 44.3 Å². The number of carbonyl (C=O) groups is 1. The first-order chi connectivity index (χ1) is 6.16. The van der Waals surface area contributed by atoms with Gasteiger partial charge in [0.25, 0.3) is 0 Å². The van der Waals surface area contributed by atoms with Crippen molar-refractivity contribution < 1.29 is 9.53 Å². The predicted molar refractivity (Wildman–Crippen MR) is 48.3 cm³/mol. The quantitative estimate of drug-likeness (QED) is 0.529. The van der Waals surface area contributed by atoms with Crippen LogP contribution >= 0.6 is 0 Å². The summed E-state index contributed by atoms with van der Waals surface area (Å²) in [4.78, 5) is 11.9. The van der Waals surface area contributed by atoms with E-state index in [1.54, 1.807) is 0 Å². The topological polar surface area (TPSA) is 26.3 Å². The first-order valence-electron chi connectivity index (χ1n) is 5.07. The van der Waals surface area contributed by atoms with E-state index in [9.17, 15) is 4.79 Å². The molecule has 2 bridgehead atoms. The van der Waals surface area contributed by atoms with Crippen molar-refractivity contribution in [3.8, 4) is 0 Å². The van der Waals surface area contributed by atoms with Crippen LogP contribution in [0.5, 0.6) is 0 Å². The van der Waals surface area contributed by atoms with Gasteiger partial charge in [0, 0.05) is 6.42 Å². The molecule has 3 atom stereocenters. The van der Waals surface area contributed by atoms with E-state index in [0.717, 1.165) is 25.7 Å². The fourth-order valence-electron chi connectivity index (χ4n) is 3.17. The molecule has 2 nitrogen and oxygen atoms in total. The molecule has 0 amide bonds. The summed E-state index contributed by atoms with van der Waals surface area (Å²) in [6.45, 7) is 2.08. The first-order valence-corrected chi connectivity index (χ1v) is 5.07. The highest BCUT2D eigenvalue weighted by atomic mass is 16.5. The van der Waals surface area contributed by atoms with Gasteiger partial charge in [-0.25, -0.2) is 0 Å². The van der Waals surface area contributed by atoms with Crippen LogP contribution in [0.4, 0.5) is 0 Å². The summed E-state index contributed by atoms with van der Waals surface area (Å²) >= 11 is 0. The maximum atomic E-state index is 11.9. The van der Waals surface area contributed by atoms with E-state index in [1.165, 1.54) is 0 Å². The number of rotatable bonds is 0. The lowest BCUT2D eigenvalue weighted by Gasteiger charge is -2.42. The minimum absolute atomic E-state index is 0.204. The number of hydrogen-bond acceptors (Lipinski definition) is 2. The second kappa shape index (κ2) is 2.06. The molecule has 1 saturated heterocycles. The van der Waals surface area contributed by atoms with E-state index in [1.807, 2.05) is 0 Å². The summed E-state index contributed by atoms with van der Waals surface area (Å²) in [5.41, 5.74) is -0.419. The van der Waals surface area contributed by atoms with Gasteiger partial charge in [0.15, 0.2) is 0 Å². The zero-order valence-electron chi connectivity index (χ0n) is 7.88. The van der Waals surface area contributed by atoms with Crippen molar-refractivity contribution in [2.75, 3.05) is 0 Å². The molecule has 0 aromatic rings. The Bertz CT molecular complexity index is 307. The molecule has 0 aromatic heterocycles. The zero-order chi connectivity index (χ0) is 9.10. The smallest absolute Gasteiger partial charge is 0.142 e. The molecule has 3 rings (SSSR count). The summed E-state index contributed by atoms with van der Waals surface area (Å²) in [5, 5.41) is 0. The minimum atomic E-state index is -0.215. The molecule has 13 heavy (non-hydrogen) atoms. The van der Waals surface area contributed by atoms with Crippen molar-refractivity contribution in [3.63, 3.8) is 0 Å². The highest BCUT2D eigenvalue weighted by Gasteiger charge is 2.62. The molecule has 2 fully saturated rings. The van der Waals surface area contributed by atoms with Gasteiger partial charge in [-0.2, -0.15) is 0 Å². The van der Waals surface area contributed by atoms with Gasteiger partial charge in [0.05, 0.1) is 17.1 Å². The molecule has 0 radical (unpaired) electrons. The van der Waals surface area contributed by atoms with Gasteiger partial charge in [-0.3, -0.25) is 4.79 Å². The Morgan fingerprint density at radius 1 is 1.62 bits per heavy atom. The monoisotopic (exact) mass is 178 g/mol. The molecule has 2 aliphatic heterocycles. The Labute approximate surface area is 78.0 Å². The molecule has 0 unspecified atom stereocenters. The lowest BCUT2D eigenvalue weighted by Crippen LogP contribution is -2.49. The largest absolute Gasteiger partial charge is 0.363 e. The maximum Gasteiger partial charge on any atom is 0.142 e. The highest BCUT2D eigenvalue weighted by Crippen LogP contribution is 2.57. The van der Waals surface area contributed by atoms with Crippen molar-refractivity contribution in [1.29, 1.82) is 0 Å². The van der Waals surface area contributed by atoms with Crippen molar-refractivity contribution in [2.24, 2.45) is 5.41 Å². The Morgan fingerprint density at radius 2 is 2.46 bits per heavy atom. The Morgan fingerprint density at radius 3 is 3.15 bits per heavy atom. The third-order valence-electron chi connectivity index (χ3n) is 4.05. The van der Waals surface area contributed by atoms with Crippen LogP contribution in [0.15, 0.2) is 12.2 Å². The van der Waals surface area contributed by atoms with Crippen LogP contribution < -0.4 is 0 Å². The van der Waals surface area contributed by atoms with Crippen LogP contribution in [0.3, 0.4) is 0 Å². The lowest BCUT2D eigenvalue weighted by molar-refractivity contribution is -0.140. The molecule has 0 N–H and O–H groups in total. The number of ether oxygens (including phenoxy) is 1. The number of fused-ring (bicyclic) bond motifs is 1. The summed E-state index contributed by atoms with van der Waals surface area (Å²) in [7, 11) is 0. The molecule has 3 aliphatic rings. The highest BCUT2D eigenvalue weighted by molar-refractivity contribution is 5.88. The SMILES string of the molecule is C[C@]12C[C@@H]3C=C[C@@]1(CCCC2=O)O3. The van der Waals surface area contributed by atoms with Crippen LogP contribution in [-0.4, -0.2) is 17.5 Å². The molecule has 70 valence electrons. The lowest BCUT2D eigenvalue weighted by atomic mass is 9.61. The van der Waals surface area contributed by atoms with Gasteiger partial charge in [-0.05, 0) is 26.2 Å². The molecule has 2 heteroatoms. The van der Waals surface area contributed by atoms with Crippen LogP contribution in [0.2, 0.25) is 0 Å². The van der Waals surface area contributed by atoms with E-state index in [4.69, 9.17) is 4.74 Å². The Hall–Kier alpha value is -0.630. The molecule has 1 spiro atoms. The van der Waals surface area contributed by atoms with E-state index in [2.05, 4.69) is 19.1 Å². The standard InChI is InChI=1S/C11H14O2/c1-10-7-8-4-6-11(10,13-8)5-2-3-9(10)12/h4,6,8H,2-3,5,7H2,1H3/t8-,10+,11+/m0/s1. The number of hydrogen-bond donors (Lipinski definition) is 0.